The van der Waals surface area contributed by atoms with E-state index in [9.17, 15) is 9.18 Å². The molecule has 0 unspecified atom stereocenters. The first-order valence-electron chi connectivity index (χ1n) is 9.27. The number of halogens is 1. The molecule has 0 saturated heterocycles. The van der Waals surface area contributed by atoms with Crippen molar-refractivity contribution in [2.24, 2.45) is 0 Å². The van der Waals surface area contributed by atoms with Gasteiger partial charge < -0.3 is 24.4 Å². The van der Waals surface area contributed by atoms with E-state index in [4.69, 9.17) is 26.4 Å². The van der Waals surface area contributed by atoms with E-state index in [-0.39, 0.29) is 12.4 Å². The Bertz CT molecular complexity index is 726. The maximum absolute atomic E-state index is 13.8. The smallest absolute Gasteiger partial charge is 0.338 e. The van der Waals surface area contributed by atoms with Gasteiger partial charge in [0.25, 0.3) is 0 Å². The molecule has 0 fully saturated rings. The number of ether oxygens (including phenoxy) is 3. The maximum atomic E-state index is 13.8. The third kappa shape index (κ3) is 5.73. The molecule has 2 rings (SSSR count). The van der Waals surface area contributed by atoms with Crippen LogP contribution < -0.4 is 5.32 Å². The molecule has 0 radical (unpaired) electrons. The third-order valence-corrected chi connectivity index (χ3v) is 4.73. The Labute approximate surface area is 170 Å². The number of benzene rings is 1. The Morgan fingerprint density at radius 1 is 1.32 bits per heavy atom. The third-order valence-electron chi connectivity index (χ3n) is 4.39. The van der Waals surface area contributed by atoms with Crippen molar-refractivity contribution in [1.29, 1.82) is 0 Å². The van der Waals surface area contributed by atoms with Gasteiger partial charge in [-0.3, -0.25) is 0 Å². The molecule has 28 heavy (non-hydrogen) atoms. The molecule has 154 valence electrons. The number of hydrogen-bond acceptors (Lipinski definition) is 5. The number of carbonyl (C=O) groups is 1. The first kappa shape index (κ1) is 22.3. The van der Waals surface area contributed by atoms with Crippen LogP contribution in [0.2, 0.25) is 0 Å². The summed E-state index contributed by atoms with van der Waals surface area (Å²) in [5, 5.41) is 3.65. The number of esters is 1. The Balaban J connectivity index is 2.32. The van der Waals surface area contributed by atoms with Crippen LogP contribution in [0.25, 0.3) is 0 Å². The zero-order valence-corrected chi connectivity index (χ0v) is 17.3. The van der Waals surface area contributed by atoms with Gasteiger partial charge in [0.15, 0.2) is 5.11 Å². The van der Waals surface area contributed by atoms with Crippen LogP contribution >= 0.6 is 12.2 Å². The zero-order chi connectivity index (χ0) is 20.5. The molecule has 1 aliphatic rings. The maximum Gasteiger partial charge on any atom is 0.338 e. The number of nitrogens with one attached hydrogen (secondary N) is 1. The summed E-state index contributed by atoms with van der Waals surface area (Å²) in [6.45, 7) is 6.05. The van der Waals surface area contributed by atoms with Crippen LogP contribution in [-0.2, 0) is 19.0 Å². The van der Waals surface area contributed by atoms with Crippen molar-refractivity contribution in [1.82, 2.24) is 10.2 Å². The summed E-state index contributed by atoms with van der Waals surface area (Å²) in [6, 6.07) is 5.52. The first-order valence-corrected chi connectivity index (χ1v) is 9.68. The van der Waals surface area contributed by atoms with E-state index in [1.165, 1.54) is 19.2 Å². The average molecular weight is 411 g/mol. The molecule has 0 aliphatic carbocycles. The lowest BCUT2D eigenvalue weighted by atomic mass is 9.95. The van der Waals surface area contributed by atoms with E-state index in [0.29, 0.717) is 48.3 Å². The van der Waals surface area contributed by atoms with Crippen molar-refractivity contribution in [3.05, 3.63) is 46.9 Å². The SMILES string of the molecule is CCOCCCN1C(=S)N[C@H](c2cccc(F)c2)C(C(=O)OCCOC)=C1C. The normalized spacial score (nSPS) is 16.9. The highest BCUT2D eigenvalue weighted by Crippen LogP contribution is 2.31. The van der Waals surface area contributed by atoms with E-state index >= 15 is 0 Å². The lowest BCUT2D eigenvalue weighted by Crippen LogP contribution is -2.48. The number of rotatable bonds is 10. The van der Waals surface area contributed by atoms with Gasteiger partial charge in [-0.1, -0.05) is 12.1 Å². The van der Waals surface area contributed by atoms with Crippen molar-refractivity contribution in [2.45, 2.75) is 26.3 Å². The van der Waals surface area contributed by atoms with E-state index < -0.39 is 12.0 Å². The first-order chi connectivity index (χ1) is 13.5. The summed E-state index contributed by atoms with van der Waals surface area (Å²) >= 11 is 5.51. The Morgan fingerprint density at radius 3 is 2.79 bits per heavy atom. The van der Waals surface area contributed by atoms with Gasteiger partial charge in [-0.15, -0.1) is 0 Å². The van der Waals surface area contributed by atoms with E-state index in [2.05, 4.69) is 5.32 Å². The molecule has 1 aromatic carbocycles. The predicted octanol–water partition coefficient (Wildman–Crippen LogP) is 2.95. The fourth-order valence-electron chi connectivity index (χ4n) is 3.02. The second kappa shape index (κ2) is 11.1. The van der Waals surface area contributed by atoms with Gasteiger partial charge in [0.05, 0.1) is 18.2 Å². The summed E-state index contributed by atoms with van der Waals surface area (Å²) in [7, 11) is 1.54. The van der Waals surface area contributed by atoms with Crippen molar-refractivity contribution in [2.75, 3.05) is 40.1 Å². The Hall–Kier alpha value is -2.03. The van der Waals surface area contributed by atoms with Crippen LogP contribution in [-0.4, -0.2) is 56.1 Å². The largest absolute Gasteiger partial charge is 0.460 e. The van der Waals surface area contributed by atoms with Crippen LogP contribution in [0.3, 0.4) is 0 Å². The second-order valence-corrected chi connectivity index (χ2v) is 6.65. The van der Waals surface area contributed by atoms with Crippen molar-refractivity contribution in [3.63, 3.8) is 0 Å². The Morgan fingerprint density at radius 2 is 2.11 bits per heavy atom. The molecular weight excluding hydrogens is 383 g/mol. The minimum Gasteiger partial charge on any atom is -0.460 e. The number of thiocarbonyl (C=S) groups is 1. The molecule has 0 bridgehead atoms. The molecule has 1 heterocycles. The van der Waals surface area contributed by atoms with Crippen LogP contribution in [0.5, 0.6) is 0 Å². The quantitative estimate of drug-likeness (QED) is 0.362. The van der Waals surface area contributed by atoms with E-state index in [1.54, 1.807) is 12.1 Å². The van der Waals surface area contributed by atoms with E-state index in [0.717, 1.165) is 6.42 Å². The summed E-state index contributed by atoms with van der Waals surface area (Å²) in [4.78, 5) is 14.7. The van der Waals surface area contributed by atoms with Crippen molar-refractivity contribution < 1.29 is 23.4 Å². The number of nitrogens with zero attached hydrogens (tertiary/aromatic N) is 1. The number of methoxy groups -OCH3 is 1. The van der Waals surface area contributed by atoms with Crippen molar-refractivity contribution in [3.8, 4) is 0 Å². The molecule has 0 amide bonds. The summed E-state index contributed by atoms with van der Waals surface area (Å²) < 4.78 is 29.5. The zero-order valence-electron chi connectivity index (χ0n) is 16.5. The van der Waals surface area contributed by atoms with Gasteiger partial charge in [0, 0.05) is 32.6 Å². The van der Waals surface area contributed by atoms with Gasteiger partial charge in [-0.05, 0) is 50.2 Å². The fraction of sp³-hybridized carbons (Fsp3) is 0.500. The summed E-state index contributed by atoms with van der Waals surface area (Å²) in [6.07, 6.45) is 0.754. The van der Waals surface area contributed by atoms with Crippen LogP contribution in [0, 0.1) is 5.82 Å². The lowest BCUT2D eigenvalue weighted by Gasteiger charge is -2.37. The molecule has 1 aromatic rings. The topological polar surface area (TPSA) is 60.0 Å². The van der Waals surface area contributed by atoms with Crippen LogP contribution in [0.1, 0.15) is 31.9 Å². The highest BCUT2D eigenvalue weighted by atomic mass is 32.1. The molecular formula is C20H27FN2O4S. The van der Waals surface area contributed by atoms with Gasteiger partial charge in [0.1, 0.15) is 12.4 Å². The highest BCUT2D eigenvalue weighted by molar-refractivity contribution is 7.80. The van der Waals surface area contributed by atoms with Crippen LogP contribution in [0.15, 0.2) is 35.5 Å². The number of allylic oxidation sites excluding steroid dienone is 1. The molecule has 6 nitrogen and oxygen atoms in total. The molecule has 0 aromatic heterocycles. The van der Waals surface area contributed by atoms with E-state index in [1.807, 2.05) is 18.7 Å². The summed E-state index contributed by atoms with van der Waals surface area (Å²) in [5.41, 5.74) is 1.71. The molecule has 0 saturated carbocycles. The van der Waals surface area contributed by atoms with Gasteiger partial charge in [-0.25, -0.2) is 9.18 Å². The minimum atomic E-state index is -0.582. The van der Waals surface area contributed by atoms with Gasteiger partial charge >= 0.3 is 5.97 Å². The standard InChI is InChI=1S/C20H27FN2O4S/c1-4-26-10-6-9-23-14(2)17(19(24)27-12-11-25-3)18(22-20(23)28)15-7-5-8-16(21)13-15/h5,7-8,13,18H,4,6,9-12H2,1-3H3,(H,22,28)/t18-/m1/s1. The van der Waals surface area contributed by atoms with Crippen molar-refractivity contribution >= 4 is 23.3 Å². The highest BCUT2D eigenvalue weighted by Gasteiger charge is 2.34. The molecule has 1 aliphatic heterocycles. The number of hydrogen-bond donors (Lipinski definition) is 1. The Kier molecular flexibility index (Phi) is 8.82. The molecule has 0 spiro atoms. The minimum absolute atomic E-state index is 0.136. The summed E-state index contributed by atoms with van der Waals surface area (Å²) in [5.74, 6) is -0.859. The lowest BCUT2D eigenvalue weighted by molar-refractivity contribution is -0.140. The monoisotopic (exact) mass is 410 g/mol. The second-order valence-electron chi connectivity index (χ2n) is 6.27. The predicted molar refractivity (Wildman–Crippen MR) is 108 cm³/mol. The molecule has 1 atom stereocenters. The van der Waals surface area contributed by atoms with Gasteiger partial charge in [-0.2, -0.15) is 0 Å². The fourth-order valence-corrected chi connectivity index (χ4v) is 3.36. The molecule has 8 heteroatoms. The molecule has 1 N–H and O–H groups in total. The average Bonchev–Trinajstić information content (AvgIpc) is 2.67. The number of carbonyl (C=O) groups excluding carboxylic acids is 1. The van der Waals surface area contributed by atoms with Gasteiger partial charge in [0.2, 0.25) is 0 Å². The van der Waals surface area contributed by atoms with Crippen LogP contribution in [0.4, 0.5) is 4.39 Å².